The third-order valence-electron chi connectivity index (χ3n) is 4.56. The van der Waals surface area contributed by atoms with Gasteiger partial charge in [-0.1, -0.05) is 29.8 Å². The second-order valence-electron chi connectivity index (χ2n) is 6.61. The number of carbonyl (C=O) groups is 1. The normalized spacial score (nSPS) is 16.1. The molecule has 0 aliphatic carbocycles. The van der Waals surface area contributed by atoms with E-state index in [4.69, 9.17) is 11.6 Å². The molecule has 0 spiro atoms. The number of pyridine rings is 1. The van der Waals surface area contributed by atoms with Gasteiger partial charge in [-0.3, -0.25) is 14.7 Å². The van der Waals surface area contributed by atoms with Gasteiger partial charge < -0.3 is 0 Å². The number of hydrazone groups is 1. The quantitative estimate of drug-likeness (QED) is 0.648. The van der Waals surface area contributed by atoms with Crippen molar-refractivity contribution in [2.45, 2.75) is 26.3 Å². The Morgan fingerprint density at radius 2 is 2.00 bits per heavy atom. The Kier molecular flexibility index (Phi) is 6.36. The molecule has 1 amide bonds. The van der Waals surface area contributed by atoms with E-state index in [1.807, 2.05) is 37.3 Å². The third kappa shape index (κ3) is 5.38. The Morgan fingerprint density at radius 1 is 1.27 bits per heavy atom. The molecule has 0 radical (unpaired) electrons. The van der Waals surface area contributed by atoms with Gasteiger partial charge in [0.1, 0.15) is 0 Å². The van der Waals surface area contributed by atoms with Gasteiger partial charge in [0.25, 0.3) is 0 Å². The maximum atomic E-state index is 12.3. The fourth-order valence-electron chi connectivity index (χ4n) is 3.09. The van der Waals surface area contributed by atoms with Crippen LogP contribution in [-0.2, 0) is 11.3 Å². The number of hydrogen-bond donors (Lipinski definition) is 1. The number of halogens is 1. The van der Waals surface area contributed by atoms with Gasteiger partial charge >= 0.3 is 0 Å². The molecule has 6 heteroatoms. The Hall–Kier alpha value is -2.24. The zero-order valence-electron chi connectivity index (χ0n) is 14.9. The van der Waals surface area contributed by atoms with Gasteiger partial charge in [0.2, 0.25) is 5.91 Å². The van der Waals surface area contributed by atoms with Gasteiger partial charge in [-0.25, -0.2) is 5.43 Å². The lowest BCUT2D eigenvalue weighted by Crippen LogP contribution is -2.39. The molecule has 1 aliphatic heterocycles. The van der Waals surface area contributed by atoms with E-state index in [1.54, 1.807) is 6.21 Å². The van der Waals surface area contributed by atoms with Crippen molar-refractivity contribution in [1.29, 1.82) is 0 Å². The summed E-state index contributed by atoms with van der Waals surface area (Å²) in [6, 6.07) is 13.6. The SMILES string of the molecule is Cc1cccc(C=NNC(=O)C2CCN(Cc3ccc(Cl)cc3)CC2)n1. The fourth-order valence-corrected chi connectivity index (χ4v) is 3.22. The van der Waals surface area contributed by atoms with Crippen LogP contribution in [0.1, 0.15) is 29.8 Å². The van der Waals surface area contributed by atoms with Crippen LogP contribution in [0.4, 0.5) is 0 Å². The largest absolute Gasteiger partial charge is 0.299 e. The second-order valence-corrected chi connectivity index (χ2v) is 7.05. The lowest BCUT2D eigenvalue weighted by molar-refractivity contribution is -0.126. The summed E-state index contributed by atoms with van der Waals surface area (Å²) in [6.45, 7) is 4.63. The zero-order chi connectivity index (χ0) is 18.4. The van der Waals surface area contributed by atoms with Crippen molar-refractivity contribution >= 4 is 23.7 Å². The summed E-state index contributed by atoms with van der Waals surface area (Å²) in [5.74, 6) is -0.000803. The molecule has 136 valence electrons. The Bertz CT molecular complexity index is 768. The Labute approximate surface area is 159 Å². The number of likely N-dealkylation sites (tertiary alicyclic amines) is 1. The Balaban J connectivity index is 1.43. The molecule has 1 aliphatic rings. The number of nitrogens with one attached hydrogen (secondary N) is 1. The lowest BCUT2D eigenvalue weighted by Gasteiger charge is -2.30. The molecule has 1 aromatic carbocycles. The second kappa shape index (κ2) is 8.92. The van der Waals surface area contributed by atoms with Gasteiger partial charge in [0.05, 0.1) is 11.9 Å². The minimum absolute atomic E-state index is 0.0130. The monoisotopic (exact) mass is 370 g/mol. The maximum absolute atomic E-state index is 12.3. The van der Waals surface area contributed by atoms with Gasteiger partial charge in [0.15, 0.2) is 0 Å². The van der Waals surface area contributed by atoms with Crippen LogP contribution in [0.2, 0.25) is 5.02 Å². The van der Waals surface area contributed by atoms with E-state index in [9.17, 15) is 4.79 Å². The van der Waals surface area contributed by atoms with Crippen LogP contribution in [0.15, 0.2) is 47.6 Å². The molecule has 1 saturated heterocycles. The standard InChI is InChI=1S/C20H23ClN4O/c1-15-3-2-4-19(23-15)13-22-24-20(26)17-9-11-25(12-10-17)14-16-5-7-18(21)8-6-16/h2-8,13,17H,9-12,14H2,1H3,(H,24,26). The minimum Gasteiger partial charge on any atom is -0.299 e. The average Bonchev–Trinajstić information content (AvgIpc) is 2.64. The predicted molar refractivity (Wildman–Crippen MR) is 104 cm³/mol. The highest BCUT2D eigenvalue weighted by molar-refractivity contribution is 6.30. The van der Waals surface area contributed by atoms with Crippen LogP contribution < -0.4 is 5.43 Å². The van der Waals surface area contributed by atoms with E-state index in [0.29, 0.717) is 0 Å². The summed E-state index contributed by atoms with van der Waals surface area (Å²) < 4.78 is 0. The first-order valence-corrected chi connectivity index (χ1v) is 9.21. The van der Waals surface area contributed by atoms with Crippen molar-refractivity contribution in [3.05, 3.63) is 64.4 Å². The summed E-state index contributed by atoms with van der Waals surface area (Å²) >= 11 is 5.92. The van der Waals surface area contributed by atoms with Crippen LogP contribution in [0.25, 0.3) is 0 Å². The van der Waals surface area contributed by atoms with Gasteiger partial charge in [-0.15, -0.1) is 0 Å². The molecule has 0 bridgehead atoms. The van der Waals surface area contributed by atoms with E-state index in [0.717, 1.165) is 48.9 Å². The lowest BCUT2D eigenvalue weighted by atomic mass is 9.96. The molecule has 1 aromatic heterocycles. The highest BCUT2D eigenvalue weighted by atomic mass is 35.5. The van der Waals surface area contributed by atoms with E-state index in [2.05, 4.69) is 32.5 Å². The van der Waals surface area contributed by atoms with Crippen molar-refractivity contribution in [3.8, 4) is 0 Å². The van der Waals surface area contributed by atoms with Gasteiger partial charge in [-0.2, -0.15) is 5.10 Å². The van der Waals surface area contributed by atoms with Crippen LogP contribution in [0.5, 0.6) is 0 Å². The topological polar surface area (TPSA) is 57.6 Å². The number of benzene rings is 1. The smallest absolute Gasteiger partial charge is 0.243 e. The molecule has 26 heavy (non-hydrogen) atoms. The van der Waals surface area contributed by atoms with Crippen molar-refractivity contribution < 1.29 is 4.79 Å². The van der Waals surface area contributed by atoms with Crippen molar-refractivity contribution in [3.63, 3.8) is 0 Å². The molecule has 2 aromatic rings. The van der Waals surface area contributed by atoms with Crippen LogP contribution >= 0.6 is 11.6 Å². The number of piperidine rings is 1. The summed E-state index contributed by atoms with van der Waals surface area (Å²) in [5.41, 5.74) is 5.55. The van der Waals surface area contributed by atoms with E-state index in [1.165, 1.54) is 5.56 Å². The molecule has 1 N–H and O–H groups in total. The molecule has 5 nitrogen and oxygen atoms in total. The number of nitrogens with zero attached hydrogens (tertiary/aromatic N) is 3. The number of carbonyl (C=O) groups excluding carboxylic acids is 1. The number of hydrogen-bond acceptors (Lipinski definition) is 4. The van der Waals surface area contributed by atoms with Crippen molar-refractivity contribution in [2.75, 3.05) is 13.1 Å². The number of rotatable bonds is 5. The molecule has 0 saturated carbocycles. The van der Waals surface area contributed by atoms with E-state index >= 15 is 0 Å². The van der Waals surface area contributed by atoms with E-state index in [-0.39, 0.29) is 11.8 Å². The zero-order valence-corrected chi connectivity index (χ0v) is 15.6. The molecule has 0 atom stereocenters. The van der Waals surface area contributed by atoms with Gasteiger partial charge in [0, 0.05) is 23.2 Å². The summed E-state index contributed by atoms with van der Waals surface area (Å²) in [6.07, 6.45) is 3.27. The first-order chi connectivity index (χ1) is 12.6. The highest BCUT2D eigenvalue weighted by Crippen LogP contribution is 2.20. The molecule has 1 fully saturated rings. The van der Waals surface area contributed by atoms with Crippen molar-refractivity contribution in [1.82, 2.24) is 15.3 Å². The molecule has 3 rings (SSSR count). The number of amides is 1. The first kappa shape index (κ1) is 18.5. The van der Waals surface area contributed by atoms with Gasteiger partial charge in [-0.05, 0) is 62.7 Å². The highest BCUT2D eigenvalue weighted by Gasteiger charge is 2.24. The third-order valence-corrected chi connectivity index (χ3v) is 4.81. The van der Waals surface area contributed by atoms with Crippen LogP contribution in [-0.4, -0.2) is 35.1 Å². The first-order valence-electron chi connectivity index (χ1n) is 8.83. The molecular weight excluding hydrogens is 348 g/mol. The fraction of sp³-hybridized carbons (Fsp3) is 0.350. The molecular formula is C20H23ClN4O. The molecule has 2 heterocycles. The summed E-state index contributed by atoms with van der Waals surface area (Å²) in [4.78, 5) is 19.0. The van der Waals surface area contributed by atoms with Crippen LogP contribution in [0, 0.1) is 12.8 Å². The summed E-state index contributed by atoms with van der Waals surface area (Å²) in [7, 11) is 0. The average molecular weight is 371 g/mol. The number of aromatic nitrogens is 1. The number of aryl methyl sites for hydroxylation is 1. The molecule has 0 unspecified atom stereocenters. The van der Waals surface area contributed by atoms with E-state index < -0.39 is 0 Å². The Morgan fingerprint density at radius 3 is 2.69 bits per heavy atom. The van der Waals surface area contributed by atoms with Crippen molar-refractivity contribution in [2.24, 2.45) is 11.0 Å². The predicted octanol–water partition coefficient (Wildman–Crippen LogP) is 3.41. The van der Waals surface area contributed by atoms with Crippen LogP contribution in [0.3, 0.4) is 0 Å². The minimum atomic E-state index is -0.0138. The maximum Gasteiger partial charge on any atom is 0.243 e. The summed E-state index contributed by atoms with van der Waals surface area (Å²) in [5, 5.41) is 4.79.